The average molecular weight is 1040 g/mol. The molecular weight excluding hydrogens is 959 g/mol. The first kappa shape index (κ1) is 63.4. The first-order valence-corrected chi connectivity index (χ1v) is 24.9. The normalized spacial score (nSPS) is 19.8. The molecule has 0 radical (unpaired) electrons. The summed E-state index contributed by atoms with van der Waals surface area (Å²) in [6.07, 6.45) is 7.92. The third-order valence-electron chi connectivity index (χ3n) is 12.5. The Labute approximate surface area is 424 Å². The molecule has 2 heterocycles. The summed E-state index contributed by atoms with van der Waals surface area (Å²) < 4.78 is 14.2. The number of carbonyl (C=O) groups is 8. The molecule has 0 aromatic carbocycles. The van der Waals surface area contributed by atoms with Gasteiger partial charge in [0.15, 0.2) is 0 Å². The highest BCUT2D eigenvalue weighted by Gasteiger charge is 2.37. The van der Waals surface area contributed by atoms with Crippen LogP contribution in [-0.2, 0) is 52.6 Å². The molecule has 5 N–H and O–H groups in total. The first-order valence-electron chi connectivity index (χ1n) is 23.8. The number of carboxylic acid groups (broad SMARTS) is 1. The van der Waals surface area contributed by atoms with Gasteiger partial charge in [-0.25, -0.2) is 10.9 Å². The minimum absolute atomic E-state index is 0.0403. The van der Waals surface area contributed by atoms with Crippen molar-refractivity contribution in [1.82, 2.24) is 31.5 Å². The molecule has 0 aromatic rings. The Morgan fingerprint density at radius 2 is 1.06 bits per heavy atom. The number of allylic oxidation sites excluding steroid dienone is 2. The molecule has 2 saturated heterocycles. The summed E-state index contributed by atoms with van der Waals surface area (Å²) in [5.74, 6) is -5.54. The molecule has 2 rings (SSSR count). The number of halogens is 3. The van der Waals surface area contributed by atoms with Crippen molar-refractivity contribution in [1.29, 1.82) is 0 Å². The van der Waals surface area contributed by atoms with Crippen LogP contribution in [0.5, 0.6) is 0 Å². The summed E-state index contributed by atoms with van der Waals surface area (Å²) in [6.45, 7) is 21.9. The third-order valence-corrected chi connectivity index (χ3v) is 12.8. The Kier molecular flexibility index (Phi) is 29.1. The lowest BCUT2D eigenvalue weighted by Crippen LogP contribution is -2.60. The van der Waals surface area contributed by atoms with Crippen LogP contribution in [0.3, 0.4) is 0 Å². The quantitative estimate of drug-likeness (QED) is 0.0379. The monoisotopic (exact) mass is 1040 g/mol. The molecule has 2 aliphatic heterocycles. The van der Waals surface area contributed by atoms with Gasteiger partial charge in [0.25, 0.3) is 11.8 Å². The number of alkyl halides is 3. The van der Waals surface area contributed by atoms with Crippen LogP contribution in [0.1, 0.15) is 120 Å². The van der Waals surface area contributed by atoms with Crippen molar-refractivity contribution in [3.05, 3.63) is 25.3 Å². The molecule has 18 nitrogen and oxygen atoms in total. The number of aliphatic carboxylic acids is 1. The predicted octanol–water partition coefficient (Wildman–Crippen LogP) is 5.67. The van der Waals surface area contributed by atoms with Crippen molar-refractivity contribution in [2.45, 2.75) is 160 Å². The van der Waals surface area contributed by atoms with Crippen molar-refractivity contribution in [2.24, 2.45) is 35.5 Å². The molecule has 4 amide bonds. The summed E-state index contributed by atoms with van der Waals surface area (Å²) in [4.78, 5) is 101. The van der Waals surface area contributed by atoms with Gasteiger partial charge in [0.1, 0.15) is 42.3 Å². The van der Waals surface area contributed by atoms with E-state index < -0.39 is 70.2 Å². The van der Waals surface area contributed by atoms with Crippen molar-refractivity contribution in [3.63, 3.8) is 0 Å². The first-order chi connectivity index (χ1) is 32.2. The zero-order chi connectivity index (χ0) is 52.8. The van der Waals surface area contributed by atoms with Gasteiger partial charge in [0.2, 0.25) is 15.6 Å². The van der Waals surface area contributed by atoms with Crippen molar-refractivity contribution in [2.75, 3.05) is 33.9 Å². The predicted molar refractivity (Wildman–Crippen MR) is 265 cm³/mol. The van der Waals surface area contributed by atoms with Gasteiger partial charge in [-0.3, -0.25) is 48.4 Å². The number of hydrogen-bond acceptors (Lipinski definition) is 13. The number of carbonyl (C=O) groups excluding carboxylic acids is 7. The average Bonchev–Trinajstić information content (AvgIpc) is 3.30. The Balaban J connectivity index is 0.000000697. The molecule has 0 unspecified atom stereocenters. The Morgan fingerprint density at radius 3 is 1.39 bits per heavy atom. The van der Waals surface area contributed by atoms with Crippen LogP contribution in [0.15, 0.2) is 25.3 Å². The number of methoxy groups -OCH3 is 2. The maximum Gasteiger partial charge on any atom is 0.325 e. The molecule has 0 spiro atoms. The molecular formula is C48H79Cl3N6O12. The number of hydrogen-bond donors (Lipinski definition) is 5. The van der Waals surface area contributed by atoms with Crippen LogP contribution in [0, 0.1) is 35.5 Å². The topological polar surface area (TPSA) is 239 Å². The van der Waals surface area contributed by atoms with Crippen LogP contribution in [0.25, 0.3) is 0 Å². The maximum absolute atomic E-state index is 13.1. The number of Topliss-reactive ketones (excluding diaryl/α,β-unsaturated/α-hetero) is 2. The molecule has 10 atom stereocenters. The lowest BCUT2D eigenvalue weighted by molar-refractivity contribution is -0.153. The van der Waals surface area contributed by atoms with Gasteiger partial charge < -0.3 is 30.0 Å². The van der Waals surface area contributed by atoms with Crippen LogP contribution < -0.4 is 21.5 Å². The van der Waals surface area contributed by atoms with E-state index in [0.717, 1.165) is 12.8 Å². The highest BCUT2D eigenvalue weighted by Crippen LogP contribution is 2.27. The van der Waals surface area contributed by atoms with E-state index in [1.54, 1.807) is 47.1 Å². The van der Waals surface area contributed by atoms with Crippen molar-refractivity contribution < 1.29 is 57.7 Å². The number of carboxylic acids is 1. The highest BCUT2D eigenvalue weighted by molar-refractivity contribution is 6.67. The third kappa shape index (κ3) is 22.1. The van der Waals surface area contributed by atoms with E-state index in [1.165, 1.54) is 10.0 Å². The fourth-order valence-corrected chi connectivity index (χ4v) is 8.08. The zero-order valence-electron chi connectivity index (χ0n) is 42.2. The maximum atomic E-state index is 13.1. The molecule has 0 aliphatic carbocycles. The molecule has 69 heavy (non-hydrogen) atoms. The fraction of sp³-hybridized carbons (Fsp3) is 0.750. The summed E-state index contributed by atoms with van der Waals surface area (Å²) in [5.41, 5.74) is 5.53. The minimum Gasteiger partial charge on any atom is -0.480 e. The van der Waals surface area contributed by atoms with E-state index in [9.17, 15) is 43.5 Å². The number of amides is 4. The van der Waals surface area contributed by atoms with Crippen LogP contribution in [-0.4, -0.2) is 136 Å². The molecule has 21 heteroatoms. The van der Waals surface area contributed by atoms with E-state index >= 15 is 0 Å². The Morgan fingerprint density at radius 1 is 0.681 bits per heavy atom. The van der Waals surface area contributed by atoms with E-state index in [0.29, 0.717) is 51.6 Å². The zero-order valence-corrected chi connectivity index (χ0v) is 44.4. The van der Waals surface area contributed by atoms with Gasteiger partial charge in [-0.2, -0.15) is 0 Å². The standard InChI is InChI=1S/C25H40Cl3N3O6.C23H39N3O6/c1-7-8-11-21(36-6)16(4)20(32)13-18(15(2)3)22(33)29-17(5)23(34)31-12-9-10-19(30-31)24(35)37-14-25(26,27)28;1-7-8-11-20(32-6)15(4)19(27)13-17(14(2)3)21(28)24-16(5)22(29)26-12-9-10-18(25-26)23(30)31/h7,15-19,21,30H,1,8-14H2,2-6H3,(H,29,33);7,14-18,20,25H,1,8-13H2,2-6H3,(H,24,28)(H,30,31)/t16-,17-,18-,19-,21+;15-,16-,17-,18-,20+/m00/s1. The van der Waals surface area contributed by atoms with Crippen molar-refractivity contribution in [3.8, 4) is 0 Å². The van der Waals surface area contributed by atoms with Gasteiger partial charge in [-0.05, 0) is 77.0 Å². The van der Waals surface area contributed by atoms with E-state index in [4.69, 9.17) is 49.0 Å². The number of nitrogens with one attached hydrogen (secondary N) is 4. The summed E-state index contributed by atoms with van der Waals surface area (Å²) in [6, 6.07) is -3.35. The Bertz CT molecular complexity index is 1730. The number of rotatable bonds is 27. The van der Waals surface area contributed by atoms with Crippen molar-refractivity contribution >= 4 is 81.9 Å². The molecule has 0 saturated carbocycles. The van der Waals surface area contributed by atoms with E-state index in [1.807, 2.05) is 34.6 Å². The second-order valence-corrected chi connectivity index (χ2v) is 21.1. The number of nitrogens with zero attached hydrogens (tertiary/aromatic N) is 2. The summed E-state index contributed by atoms with van der Waals surface area (Å²) >= 11 is 16.9. The largest absolute Gasteiger partial charge is 0.480 e. The van der Waals surface area contributed by atoms with Gasteiger partial charge in [0.05, 0.1) is 12.2 Å². The lowest BCUT2D eigenvalue weighted by Gasteiger charge is -2.34. The van der Waals surface area contributed by atoms with Gasteiger partial charge in [-0.15, -0.1) is 13.2 Å². The lowest BCUT2D eigenvalue weighted by atomic mass is 9.84. The molecule has 2 aliphatic rings. The van der Waals surface area contributed by atoms with Crippen LogP contribution in [0.2, 0.25) is 0 Å². The van der Waals surface area contributed by atoms with Crippen LogP contribution >= 0.6 is 34.8 Å². The molecule has 0 aromatic heterocycles. The van der Waals surface area contributed by atoms with Crippen LogP contribution in [0.4, 0.5) is 0 Å². The summed E-state index contributed by atoms with van der Waals surface area (Å²) in [7, 11) is 3.14. The second kappa shape index (κ2) is 31.6. The van der Waals surface area contributed by atoms with Gasteiger partial charge in [0, 0.05) is 63.8 Å². The van der Waals surface area contributed by atoms with E-state index in [-0.39, 0.29) is 72.1 Å². The number of esters is 1. The molecule has 394 valence electrons. The Hall–Kier alpha value is -3.65. The molecule has 0 bridgehead atoms. The summed E-state index contributed by atoms with van der Waals surface area (Å²) in [5, 5.41) is 17.2. The fourth-order valence-electron chi connectivity index (χ4n) is 7.91. The second-order valence-electron chi connectivity index (χ2n) is 18.5. The SMILES string of the molecule is C=CCC[C@@H](OC)[C@@H](C)C(=O)C[C@H](C(=O)N[C@@H](C)C(=O)N1CCC[C@@H](C(=O)O)N1)C(C)C.C=CCC[C@@H](OC)[C@@H](C)C(=O)C[C@H](C(=O)N[C@@H](C)C(=O)N1CCC[C@@H](C(=O)OCC(Cl)(Cl)Cl)N1)C(C)C. The smallest absolute Gasteiger partial charge is 0.325 e. The number of hydrazine groups is 2. The van der Waals surface area contributed by atoms with Gasteiger partial charge in [-0.1, -0.05) is 88.5 Å². The number of ketones is 2. The number of ether oxygens (including phenoxy) is 3. The van der Waals surface area contributed by atoms with Gasteiger partial charge >= 0.3 is 11.9 Å². The van der Waals surface area contributed by atoms with E-state index in [2.05, 4.69) is 34.6 Å². The minimum atomic E-state index is -1.74. The molecule has 2 fully saturated rings. The highest BCUT2D eigenvalue weighted by atomic mass is 35.6.